The Labute approximate surface area is 84.2 Å². The summed E-state index contributed by atoms with van der Waals surface area (Å²) < 4.78 is 4.76. The van der Waals surface area contributed by atoms with Crippen LogP contribution < -0.4 is 5.32 Å². The molecule has 2 saturated carbocycles. The highest BCUT2D eigenvalue weighted by Gasteiger charge is 2.62. The molecule has 0 aromatic heterocycles. The van der Waals surface area contributed by atoms with Crippen molar-refractivity contribution in [1.29, 1.82) is 0 Å². The van der Waals surface area contributed by atoms with Crippen molar-refractivity contribution in [3.8, 4) is 0 Å². The molecule has 1 aliphatic heterocycles. The summed E-state index contributed by atoms with van der Waals surface area (Å²) in [5, 5.41) is 3.34. The van der Waals surface area contributed by atoms with Gasteiger partial charge in [0.1, 0.15) is 0 Å². The predicted molar refractivity (Wildman–Crippen MR) is 51.7 cm³/mol. The van der Waals surface area contributed by atoms with E-state index in [1.54, 1.807) is 0 Å². The molecule has 3 fully saturated rings. The molecule has 3 nitrogen and oxygen atoms in total. The Bertz CT molecular complexity index is 267. The third-order valence-electron chi connectivity index (χ3n) is 4.39. The highest BCUT2D eigenvalue weighted by molar-refractivity contribution is 5.73. The van der Waals surface area contributed by atoms with E-state index in [0.717, 1.165) is 12.8 Å². The molecule has 0 aromatic carbocycles. The first-order valence-electron chi connectivity index (χ1n) is 5.46. The summed E-state index contributed by atoms with van der Waals surface area (Å²) in [6.07, 6.45) is 4.86. The van der Waals surface area contributed by atoms with Crippen molar-refractivity contribution in [2.45, 2.75) is 25.7 Å². The zero-order valence-corrected chi connectivity index (χ0v) is 8.64. The van der Waals surface area contributed by atoms with E-state index in [9.17, 15) is 4.79 Å². The summed E-state index contributed by atoms with van der Waals surface area (Å²) in [6.45, 7) is 2.41. The summed E-state index contributed by atoms with van der Waals surface area (Å²) in [5.41, 5.74) is 1.18. The van der Waals surface area contributed by atoms with Crippen LogP contribution in [0.25, 0.3) is 0 Å². The van der Waals surface area contributed by atoms with Gasteiger partial charge in [-0.2, -0.15) is 0 Å². The molecular weight excluding hydrogens is 178 g/mol. The number of rotatable bonds is 1. The number of methoxy groups -OCH3 is 1. The van der Waals surface area contributed by atoms with Crippen LogP contribution >= 0.6 is 0 Å². The van der Waals surface area contributed by atoms with E-state index >= 15 is 0 Å². The molecule has 1 heterocycles. The van der Waals surface area contributed by atoms with E-state index in [0.29, 0.717) is 10.8 Å². The van der Waals surface area contributed by atoms with Crippen molar-refractivity contribution >= 4 is 5.97 Å². The van der Waals surface area contributed by atoms with Crippen molar-refractivity contribution in [2.24, 2.45) is 16.7 Å². The molecule has 14 heavy (non-hydrogen) atoms. The molecule has 0 unspecified atom stereocenters. The molecule has 3 heteroatoms. The van der Waals surface area contributed by atoms with Crippen LogP contribution in [-0.2, 0) is 9.53 Å². The summed E-state index contributed by atoms with van der Waals surface area (Å²) >= 11 is 0. The lowest BCUT2D eigenvalue weighted by molar-refractivity contribution is -0.178. The first kappa shape index (κ1) is 8.72. The van der Waals surface area contributed by atoms with Crippen LogP contribution in [0, 0.1) is 16.7 Å². The van der Waals surface area contributed by atoms with E-state index in [-0.39, 0.29) is 11.9 Å². The van der Waals surface area contributed by atoms with Crippen molar-refractivity contribution in [3.05, 3.63) is 0 Å². The fraction of sp³-hybridized carbons (Fsp3) is 0.909. The Hall–Kier alpha value is -0.570. The van der Waals surface area contributed by atoms with Crippen LogP contribution in [0.3, 0.4) is 0 Å². The van der Waals surface area contributed by atoms with Gasteiger partial charge in [0.15, 0.2) is 0 Å². The van der Waals surface area contributed by atoms with Gasteiger partial charge in [0.25, 0.3) is 0 Å². The number of esters is 1. The van der Waals surface area contributed by atoms with Gasteiger partial charge in [-0.25, -0.2) is 0 Å². The topological polar surface area (TPSA) is 38.3 Å². The number of nitrogens with one attached hydrogen (secondary N) is 1. The number of ether oxygens (including phenoxy) is 1. The van der Waals surface area contributed by atoms with Crippen LogP contribution in [0.2, 0.25) is 0 Å². The van der Waals surface area contributed by atoms with Crippen molar-refractivity contribution in [1.82, 2.24) is 5.32 Å². The number of hydrogen-bond acceptors (Lipinski definition) is 3. The van der Waals surface area contributed by atoms with Gasteiger partial charge >= 0.3 is 5.97 Å². The lowest BCUT2D eigenvalue weighted by Gasteiger charge is -2.66. The third-order valence-corrected chi connectivity index (χ3v) is 4.39. The molecular formula is C11H17NO2. The Morgan fingerprint density at radius 1 is 1.29 bits per heavy atom. The van der Waals surface area contributed by atoms with Crippen LogP contribution in [0.1, 0.15) is 25.7 Å². The normalized spacial score (nSPS) is 31.8. The highest BCUT2D eigenvalue weighted by atomic mass is 16.5. The second kappa shape index (κ2) is 2.51. The maximum atomic E-state index is 11.2. The van der Waals surface area contributed by atoms with Gasteiger partial charge in [0.05, 0.1) is 13.0 Å². The standard InChI is InChI=1S/C11H17NO2/c1-14-9(13)8-2-10(3-8)4-11(5-10)6-12-7-11/h8,12H,2-7H2,1H3. The molecule has 3 aliphatic rings. The Morgan fingerprint density at radius 2 is 1.93 bits per heavy atom. The second-order valence-electron chi connectivity index (χ2n) is 5.59. The van der Waals surface area contributed by atoms with E-state index in [2.05, 4.69) is 5.32 Å². The molecule has 0 bridgehead atoms. The van der Waals surface area contributed by atoms with E-state index in [1.165, 1.54) is 33.0 Å². The minimum atomic E-state index is 0.00306. The third kappa shape index (κ3) is 0.991. The second-order valence-corrected chi connectivity index (χ2v) is 5.59. The molecule has 3 rings (SSSR count). The van der Waals surface area contributed by atoms with E-state index in [1.807, 2.05) is 0 Å². The van der Waals surface area contributed by atoms with E-state index < -0.39 is 0 Å². The number of hydrogen-bond donors (Lipinski definition) is 1. The zero-order valence-electron chi connectivity index (χ0n) is 8.64. The summed E-state index contributed by atoms with van der Waals surface area (Å²) in [5.74, 6) is 0.216. The quantitative estimate of drug-likeness (QED) is 0.633. The molecule has 0 aromatic rings. The fourth-order valence-electron chi connectivity index (χ4n) is 3.88. The molecule has 2 spiro atoms. The average Bonchev–Trinajstić information content (AvgIpc) is 1.96. The molecule has 78 valence electrons. The molecule has 1 saturated heterocycles. The molecule has 0 amide bonds. The van der Waals surface area contributed by atoms with Crippen molar-refractivity contribution in [2.75, 3.05) is 20.2 Å². The summed E-state index contributed by atoms with van der Waals surface area (Å²) in [7, 11) is 1.49. The Kier molecular flexibility index (Phi) is 1.56. The van der Waals surface area contributed by atoms with Crippen LogP contribution in [0.4, 0.5) is 0 Å². The van der Waals surface area contributed by atoms with Gasteiger partial charge in [-0.3, -0.25) is 4.79 Å². The average molecular weight is 195 g/mol. The molecule has 1 N–H and O–H groups in total. The summed E-state index contributed by atoms with van der Waals surface area (Å²) in [6, 6.07) is 0. The molecule has 0 radical (unpaired) electrons. The van der Waals surface area contributed by atoms with Crippen molar-refractivity contribution in [3.63, 3.8) is 0 Å². The SMILES string of the molecule is COC(=O)C1CC2(C1)CC1(CNC1)C2. The van der Waals surface area contributed by atoms with Gasteiger partial charge in [-0.1, -0.05) is 0 Å². The zero-order chi connectivity index (χ0) is 9.81. The Morgan fingerprint density at radius 3 is 2.36 bits per heavy atom. The fourth-order valence-corrected chi connectivity index (χ4v) is 3.88. The first-order valence-corrected chi connectivity index (χ1v) is 5.46. The molecule has 2 aliphatic carbocycles. The van der Waals surface area contributed by atoms with Gasteiger partial charge in [0, 0.05) is 13.1 Å². The van der Waals surface area contributed by atoms with Crippen LogP contribution in [-0.4, -0.2) is 26.2 Å². The van der Waals surface area contributed by atoms with Gasteiger partial charge in [0.2, 0.25) is 0 Å². The maximum Gasteiger partial charge on any atom is 0.308 e. The summed E-state index contributed by atoms with van der Waals surface area (Å²) in [4.78, 5) is 11.2. The Balaban J connectivity index is 1.53. The van der Waals surface area contributed by atoms with Crippen LogP contribution in [0.5, 0.6) is 0 Å². The highest BCUT2D eigenvalue weighted by Crippen LogP contribution is 2.67. The lowest BCUT2D eigenvalue weighted by atomic mass is 9.41. The minimum absolute atomic E-state index is 0.00306. The van der Waals surface area contributed by atoms with E-state index in [4.69, 9.17) is 4.74 Å². The number of carbonyl (C=O) groups excluding carboxylic acids is 1. The van der Waals surface area contributed by atoms with Gasteiger partial charge in [-0.05, 0) is 36.5 Å². The minimum Gasteiger partial charge on any atom is -0.469 e. The predicted octanol–water partition coefficient (Wildman–Crippen LogP) is 0.939. The first-order chi connectivity index (χ1) is 6.67. The lowest BCUT2D eigenvalue weighted by Crippen LogP contribution is -2.67. The van der Waals surface area contributed by atoms with Gasteiger partial charge in [-0.15, -0.1) is 0 Å². The van der Waals surface area contributed by atoms with Gasteiger partial charge < -0.3 is 10.1 Å². The monoisotopic (exact) mass is 195 g/mol. The smallest absolute Gasteiger partial charge is 0.308 e. The largest absolute Gasteiger partial charge is 0.469 e. The van der Waals surface area contributed by atoms with Crippen LogP contribution in [0.15, 0.2) is 0 Å². The maximum absolute atomic E-state index is 11.2. The van der Waals surface area contributed by atoms with Crippen molar-refractivity contribution < 1.29 is 9.53 Å². The number of carbonyl (C=O) groups is 1. The molecule has 0 atom stereocenters.